The molecule has 0 saturated carbocycles. The second kappa shape index (κ2) is 6.98. The fourth-order valence-corrected chi connectivity index (χ4v) is 6.41. The Balaban J connectivity index is 1.95. The first-order chi connectivity index (χ1) is 10.8. The predicted molar refractivity (Wildman–Crippen MR) is 100.0 cm³/mol. The summed E-state index contributed by atoms with van der Waals surface area (Å²) in [4.78, 5) is 0. The first-order valence-corrected chi connectivity index (χ1v) is 11.9. The van der Waals surface area contributed by atoms with Crippen molar-refractivity contribution in [2.24, 2.45) is 0 Å². The van der Waals surface area contributed by atoms with E-state index < -0.39 is 6.06 Å². The second-order valence-corrected chi connectivity index (χ2v) is 11.1. The Morgan fingerprint density at radius 3 is 1.32 bits per heavy atom. The van der Waals surface area contributed by atoms with Gasteiger partial charge in [0.05, 0.1) is 0 Å². The van der Waals surface area contributed by atoms with E-state index in [1.54, 1.807) is 0 Å². The van der Waals surface area contributed by atoms with Gasteiger partial charge in [0, 0.05) is 5.19 Å². The van der Waals surface area contributed by atoms with Gasteiger partial charge in [-0.25, -0.2) is 0 Å². The van der Waals surface area contributed by atoms with E-state index in [0.29, 0.717) is 0 Å². The topological polar surface area (TPSA) is 18.5 Å². The van der Waals surface area contributed by atoms with Crippen molar-refractivity contribution in [3.05, 3.63) is 91.0 Å². The molecule has 0 heterocycles. The Morgan fingerprint density at radius 1 is 0.545 bits per heavy atom. The first-order valence-electron chi connectivity index (χ1n) is 6.99. The van der Waals surface area contributed by atoms with Crippen LogP contribution in [0.15, 0.2) is 91.0 Å². The van der Waals surface area contributed by atoms with Gasteiger partial charge in [-0.05, 0) is 46.1 Å². The van der Waals surface area contributed by atoms with Crippen molar-refractivity contribution in [3.63, 3.8) is 0 Å². The molecule has 0 aliphatic rings. The van der Waals surface area contributed by atoms with Crippen LogP contribution in [0.2, 0.25) is 0 Å². The molecule has 0 N–H and O–H groups in total. The molecule has 3 rings (SSSR count). The van der Waals surface area contributed by atoms with Crippen molar-refractivity contribution in [1.29, 1.82) is 0 Å². The largest absolute Gasteiger partial charge is 0.565 e. The number of rotatable bonds is 5. The van der Waals surface area contributed by atoms with Crippen molar-refractivity contribution in [1.82, 2.24) is 0 Å². The zero-order chi connectivity index (χ0) is 15.3. The average molecular weight is 418 g/mol. The molecule has 0 bridgehead atoms. The Kier molecular flexibility index (Phi) is 4.79. The summed E-state index contributed by atoms with van der Waals surface area (Å²) in [7, 11) is 0. The van der Waals surface area contributed by atoms with Crippen LogP contribution in [-0.4, -0.2) is 6.06 Å². The lowest BCUT2D eigenvalue weighted by Crippen LogP contribution is -2.53. The predicted octanol–water partition coefficient (Wildman–Crippen LogP) is 4.43. The van der Waals surface area contributed by atoms with Gasteiger partial charge in [-0.1, -0.05) is 66.7 Å². The van der Waals surface area contributed by atoms with Gasteiger partial charge in [0.2, 0.25) is 0 Å². The van der Waals surface area contributed by atoms with E-state index in [9.17, 15) is 0 Å². The van der Waals surface area contributed by atoms with E-state index in [2.05, 4.69) is 33.9 Å². The summed E-state index contributed by atoms with van der Waals surface area (Å²) >= 11 is 2.34. The average Bonchev–Trinajstić information content (AvgIpc) is 2.57. The molecule has 3 aromatic carbocycles. The van der Waals surface area contributed by atoms with Crippen molar-refractivity contribution in [3.8, 4) is 11.5 Å². The van der Waals surface area contributed by atoms with Crippen LogP contribution in [0.3, 0.4) is 0 Å². The fraction of sp³-hybridized carbons (Fsp3) is 0. The molecule has 0 aliphatic heterocycles. The third-order valence-corrected chi connectivity index (χ3v) is 8.31. The number of benzene rings is 3. The molecule has 4 heteroatoms. The summed E-state index contributed by atoms with van der Waals surface area (Å²) < 4.78 is 12.6. The van der Waals surface area contributed by atoms with E-state index in [0.717, 1.165) is 16.7 Å². The Hall–Kier alpha value is -1.79. The zero-order valence-corrected chi connectivity index (χ0v) is 15.0. The first kappa shape index (κ1) is 15.1. The normalized spacial score (nSPS) is 11.0. The molecule has 0 aliphatic carbocycles. The van der Waals surface area contributed by atoms with Crippen molar-refractivity contribution in [2.45, 2.75) is 0 Å². The minimum atomic E-state index is -2.64. The number of halogens is 1. The van der Waals surface area contributed by atoms with Crippen LogP contribution in [0.1, 0.15) is 0 Å². The molecule has 0 amide bonds. The van der Waals surface area contributed by atoms with Gasteiger partial charge in [0.1, 0.15) is 11.5 Å². The van der Waals surface area contributed by atoms with E-state index in [-0.39, 0.29) is 0 Å². The Bertz CT molecular complexity index is 663. The summed E-state index contributed by atoms with van der Waals surface area (Å²) in [6, 6.07) is 27.2. The van der Waals surface area contributed by atoms with Gasteiger partial charge in [-0.2, -0.15) is 0 Å². The van der Waals surface area contributed by atoms with Gasteiger partial charge in [-0.3, -0.25) is 0 Å². The Labute approximate surface area is 144 Å². The minimum absolute atomic E-state index is 0.823. The van der Waals surface area contributed by atoms with Crippen LogP contribution in [0.4, 0.5) is 0 Å². The molecule has 0 aromatic heterocycles. The second-order valence-electron chi connectivity index (χ2n) is 4.73. The van der Waals surface area contributed by atoms with Gasteiger partial charge >= 0.3 is 6.06 Å². The molecule has 110 valence electrons. The van der Waals surface area contributed by atoms with E-state index >= 15 is 0 Å². The van der Waals surface area contributed by atoms with E-state index in [4.69, 9.17) is 8.85 Å². The number of hydrogen-bond donors (Lipinski definition) is 0. The van der Waals surface area contributed by atoms with Crippen LogP contribution < -0.4 is 14.0 Å². The maximum atomic E-state index is 6.30. The molecule has 2 nitrogen and oxygen atoms in total. The quantitative estimate of drug-likeness (QED) is 0.347. The number of para-hydroxylation sites is 2. The van der Waals surface area contributed by atoms with Crippen LogP contribution in [0.5, 0.6) is 11.5 Å². The van der Waals surface area contributed by atoms with Crippen LogP contribution in [-0.2, 0) is 0 Å². The lowest BCUT2D eigenvalue weighted by Gasteiger charge is -2.26. The highest BCUT2D eigenvalue weighted by atomic mass is 127. The lowest BCUT2D eigenvalue weighted by molar-refractivity contribution is 0.434. The molecule has 0 spiro atoms. The molecule has 22 heavy (non-hydrogen) atoms. The molecule has 0 saturated heterocycles. The molecule has 0 radical (unpaired) electrons. The van der Waals surface area contributed by atoms with Crippen molar-refractivity contribution >= 4 is 33.0 Å². The van der Waals surface area contributed by atoms with Crippen molar-refractivity contribution in [2.75, 3.05) is 0 Å². The monoisotopic (exact) mass is 418 g/mol. The maximum Gasteiger partial charge on any atom is 0.565 e. The molecule has 0 unspecified atom stereocenters. The third kappa shape index (κ3) is 3.69. The van der Waals surface area contributed by atoms with Crippen LogP contribution in [0.25, 0.3) is 0 Å². The van der Waals surface area contributed by atoms with Crippen LogP contribution >= 0.6 is 21.8 Å². The highest BCUT2D eigenvalue weighted by molar-refractivity contribution is 14.1. The lowest BCUT2D eigenvalue weighted by atomic mass is 10.3. The highest BCUT2D eigenvalue weighted by Crippen LogP contribution is 2.24. The maximum absolute atomic E-state index is 6.30. The van der Waals surface area contributed by atoms with Crippen LogP contribution in [0, 0.1) is 0 Å². The van der Waals surface area contributed by atoms with Gasteiger partial charge < -0.3 is 8.85 Å². The fourth-order valence-electron chi connectivity index (χ4n) is 2.06. The summed E-state index contributed by atoms with van der Waals surface area (Å²) in [5.74, 6) is 1.65. The van der Waals surface area contributed by atoms with E-state index in [1.165, 1.54) is 0 Å². The number of hydrogen-bond acceptors (Lipinski definition) is 2. The van der Waals surface area contributed by atoms with Crippen molar-refractivity contribution < 1.29 is 8.85 Å². The van der Waals surface area contributed by atoms with Gasteiger partial charge in [0.25, 0.3) is 0 Å². The molecule has 0 atom stereocenters. The summed E-state index contributed by atoms with van der Waals surface area (Å²) in [5.41, 5.74) is 0. The zero-order valence-electron chi connectivity index (χ0n) is 11.9. The third-order valence-electron chi connectivity index (χ3n) is 3.10. The molecule has 0 fully saturated rings. The van der Waals surface area contributed by atoms with E-state index in [1.807, 2.05) is 78.9 Å². The summed E-state index contributed by atoms with van der Waals surface area (Å²) in [6.07, 6.45) is 0. The highest BCUT2D eigenvalue weighted by Gasteiger charge is 2.42. The molecular weight excluding hydrogens is 403 g/mol. The Morgan fingerprint density at radius 2 is 0.909 bits per heavy atom. The summed E-state index contributed by atoms with van der Waals surface area (Å²) in [5, 5.41) is 1.09. The molecule has 3 aromatic rings. The SMILES string of the molecule is I[Si](Oc1ccccc1)(Oc1ccccc1)c1ccccc1. The van der Waals surface area contributed by atoms with Gasteiger partial charge in [-0.15, -0.1) is 0 Å². The molecular formula is C18H15IO2Si. The summed E-state index contributed by atoms with van der Waals surface area (Å²) in [6.45, 7) is 0. The smallest absolute Gasteiger partial charge is 0.502 e. The van der Waals surface area contributed by atoms with Gasteiger partial charge in [0.15, 0.2) is 0 Å². The standard InChI is InChI=1S/C18H15IO2Si/c19-22(18-14-8-3-9-15-18,20-16-10-4-1-5-11-16)21-17-12-6-2-7-13-17/h1-15H. The minimum Gasteiger partial charge on any atom is -0.502 e.